The standard InChI is InChI=1S/C11H18O3/c1-4-14-10(12)11(13)7-5-6-9(11)8(2)3/h9,13H,2,4-7H2,1,3H3/t9-,11-/m1/s1. The smallest absolute Gasteiger partial charge is 0.338 e. The Labute approximate surface area is 84.8 Å². The second-order valence-corrected chi connectivity index (χ2v) is 3.94. The van der Waals surface area contributed by atoms with Crippen LogP contribution in [-0.2, 0) is 9.53 Å². The van der Waals surface area contributed by atoms with Crippen LogP contribution in [0.1, 0.15) is 33.1 Å². The molecule has 0 aromatic rings. The van der Waals surface area contributed by atoms with Crippen molar-refractivity contribution in [2.45, 2.75) is 38.7 Å². The molecule has 3 heteroatoms. The second-order valence-electron chi connectivity index (χ2n) is 3.94. The van der Waals surface area contributed by atoms with E-state index in [1.807, 2.05) is 6.92 Å². The minimum atomic E-state index is -1.32. The van der Waals surface area contributed by atoms with Gasteiger partial charge in [-0.1, -0.05) is 12.2 Å². The van der Waals surface area contributed by atoms with Gasteiger partial charge in [0.2, 0.25) is 0 Å². The van der Waals surface area contributed by atoms with E-state index < -0.39 is 11.6 Å². The van der Waals surface area contributed by atoms with E-state index in [-0.39, 0.29) is 5.92 Å². The number of aliphatic hydroxyl groups is 1. The van der Waals surface area contributed by atoms with Gasteiger partial charge in [0.1, 0.15) is 0 Å². The minimum absolute atomic E-state index is 0.137. The third-order valence-electron chi connectivity index (χ3n) is 2.85. The van der Waals surface area contributed by atoms with E-state index in [0.29, 0.717) is 13.0 Å². The molecular formula is C11H18O3. The largest absolute Gasteiger partial charge is 0.464 e. The topological polar surface area (TPSA) is 46.5 Å². The Kier molecular flexibility index (Phi) is 3.32. The summed E-state index contributed by atoms with van der Waals surface area (Å²) < 4.78 is 4.88. The number of carbonyl (C=O) groups is 1. The fraction of sp³-hybridized carbons (Fsp3) is 0.727. The molecule has 2 atom stereocenters. The zero-order chi connectivity index (χ0) is 10.8. The van der Waals surface area contributed by atoms with Crippen molar-refractivity contribution in [2.75, 3.05) is 6.61 Å². The predicted octanol–water partition coefficient (Wildman–Crippen LogP) is 1.66. The molecule has 14 heavy (non-hydrogen) atoms. The van der Waals surface area contributed by atoms with Crippen LogP contribution in [0.4, 0.5) is 0 Å². The van der Waals surface area contributed by atoms with Crippen molar-refractivity contribution in [3.05, 3.63) is 12.2 Å². The molecule has 0 unspecified atom stereocenters. The van der Waals surface area contributed by atoms with Crippen LogP contribution in [0.2, 0.25) is 0 Å². The third kappa shape index (κ3) is 1.82. The maximum Gasteiger partial charge on any atom is 0.338 e. The summed E-state index contributed by atoms with van der Waals surface area (Å²) in [6.45, 7) is 7.71. The summed E-state index contributed by atoms with van der Waals surface area (Å²) in [6, 6.07) is 0. The Morgan fingerprint density at radius 1 is 1.71 bits per heavy atom. The van der Waals surface area contributed by atoms with E-state index in [9.17, 15) is 9.90 Å². The fourth-order valence-corrected chi connectivity index (χ4v) is 2.14. The zero-order valence-electron chi connectivity index (χ0n) is 8.88. The van der Waals surface area contributed by atoms with E-state index in [2.05, 4.69) is 6.58 Å². The summed E-state index contributed by atoms with van der Waals surface area (Å²) in [5.74, 6) is -0.632. The van der Waals surface area contributed by atoms with Gasteiger partial charge in [-0.25, -0.2) is 4.79 Å². The molecule has 0 radical (unpaired) electrons. The molecule has 0 aromatic carbocycles. The molecule has 1 aliphatic rings. The third-order valence-corrected chi connectivity index (χ3v) is 2.85. The molecular weight excluding hydrogens is 180 g/mol. The van der Waals surface area contributed by atoms with E-state index >= 15 is 0 Å². The van der Waals surface area contributed by atoms with Crippen molar-refractivity contribution in [1.82, 2.24) is 0 Å². The maximum atomic E-state index is 11.6. The lowest BCUT2D eigenvalue weighted by Gasteiger charge is -2.27. The number of hydrogen-bond acceptors (Lipinski definition) is 3. The van der Waals surface area contributed by atoms with Crippen molar-refractivity contribution in [3.8, 4) is 0 Å². The number of carbonyl (C=O) groups excluding carboxylic acids is 1. The van der Waals surface area contributed by atoms with Crippen LogP contribution in [-0.4, -0.2) is 23.3 Å². The van der Waals surface area contributed by atoms with Gasteiger partial charge in [0, 0.05) is 5.92 Å². The average molecular weight is 198 g/mol. The highest BCUT2D eigenvalue weighted by Gasteiger charge is 2.48. The Balaban J connectivity index is 2.80. The molecule has 80 valence electrons. The lowest BCUT2D eigenvalue weighted by molar-refractivity contribution is -0.167. The highest BCUT2D eigenvalue weighted by molar-refractivity contribution is 5.80. The normalized spacial score (nSPS) is 31.5. The van der Waals surface area contributed by atoms with Crippen LogP contribution in [0, 0.1) is 5.92 Å². The summed E-state index contributed by atoms with van der Waals surface area (Å²) in [4.78, 5) is 11.6. The number of hydrogen-bond donors (Lipinski definition) is 1. The Bertz CT molecular complexity index is 247. The first-order chi connectivity index (χ1) is 6.52. The maximum absolute atomic E-state index is 11.6. The highest BCUT2D eigenvalue weighted by Crippen LogP contribution is 2.40. The van der Waals surface area contributed by atoms with Gasteiger partial charge in [-0.2, -0.15) is 0 Å². The lowest BCUT2D eigenvalue weighted by Crippen LogP contribution is -2.43. The SMILES string of the molecule is C=C(C)[C@H]1CCC[C@]1(O)C(=O)OCC. The van der Waals surface area contributed by atoms with Crippen LogP contribution >= 0.6 is 0 Å². The van der Waals surface area contributed by atoms with Crippen LogP contribution in [0.25, 0.3) is 0 Å². The second kappa shape index (κ2) is 4.13. The molecule has 0 aliphatic heterocycles. The van der Waals surface area contributed by atoms with Gasteiger partial charge in [0.25, 0.3) is 0 Å². The van der Waals surface area contributed by atoms with Crippen molar-refractivity contribution >= 4 is 5.97 Å². The van der Waals surface area contributed by atoms with Crippen molar-refractivity contribution in [2.24, 2.45) is 5.92 Å². The molecule has 0 spiro atoms. The molecule has 3 nitrogen and oxygen atoms in total. The van der Waals surface area contributed by atoms with Gasteiger partial charge < -0.3 is 9.84 Å². The molecule has 1 aliphatic carbocycles. The molecule has 1 saturated carbocycles. The first-order valence-electron chi connectivity index (χ1n) is 5.07. The summed E-state index contributed by atoms with van der Waals surface area (Å²) in [5.41, 5.74) is -0.458. The molecule has 0 amide bonds. The molecule has 0 heterocycles. The van der Waals surface area contributed by atoms with Crippen molar-refractivity contribution in [3.63, 3.8) is 0 Å². The van der Waals surface area contributed by atoms with Crippen LogP contribution in [0.3, 0.4) is 0 Å². The summed E-state index contributed by atoms with van der Waals surface area (Å²) >= 11 is 0. The van der Waals surface area contributed by atoms with Crippen molar-refractivity contribution < 1.29 is 14.6 Å². The highest BCUT2D eigenvalue weighted by atomic mass is 16.5. The first-order valence-corrected chi connectivity index (χ1v) is 5.07. The molecule has 0 aromatic heterocycles. The van der Waals surface area contributed by atoms with Crippen molar-refractivity contribution in [1.29, 1.82) is 0 Å². The number of esters is 1. The average Bonchev–Trinajstić information content (AvgIpc) is 2.49. The number of rotatable bonds is 3. The van der Waals surface area contributed by atoms with Gasteiger partial charge >= 0.3 is 5.97 Å². The Morgan fingerprint density at radius 2 is 2.36 bits per heavy atom. The van der Waals surface area contributed by atoms with Crippen LogP contribution < -0.4 is 0 Å². The number of ether oxygens (including phenoxy) is 1. The zero-order valence-corrected chi connectivity index (χ0v) is 8.88. The van der Waals surface area contributed by atoms with Gasteiger partial charge in [-0.05, 0) is 33.1 Å². The predicted molar refractivity (Wildman–Crippen MR) is 53.7 cm³/mol. The first kappa shape index (κ1) is 11.2. The Hall–Kier alpha value is -0.830. The van der Waals surface area contributed by atoms with Gasteiger partial charge in [0.05, 0.1) is 6.61 Å². The molecule has 1 N–H and O–H groups in total. The van der Waals surface area contributed by atoms with Crippen LogP contribution in [0.15, 0.2) is 12.2 Å². The quantitative estimate of drug-likeness (QED) is 0.554. The molecule has 1 fully saturated rings. The molecule has 0 bridgehead atoms. The van der Waals surface area contributed by atoms with Gasteiger partial charge in [-0.15, -0.1) is 0 Å². The summed E-state index contributed by atoms with van der Waals surface area (Å²) in [5, 5.41) is 10.2. The minimum Gasteiger partial charge on any atom is -0.464 e. The molecule has 1 rings (SSSR count). The lowest BCUT2D eigenvalue weighted by atomic mass is 9.86. The van der Waals surface area contributed by atoms with E-state index in [4.69, 9.17) is 4.74 Å². The molecule has 0 saturated heterocycles. The van der Waals surface area contributed by atoms with E-state index in [1.165, 1.54) is 0 Å². The van der Waals surface area contributed by atoms with E-state index in [0.717, 1.165) is 18.4 Å². The summed E-state index contributed by atoms with van der Waals surface area (Å²) in [7, 11) is 0. The van der Waals surface area contributed by atoms with Gasteiger partial charge in [-0.3, -0.25) is 0 Å². The van der Waals surface area contributed by atoms with Crippen LogP contribution in [0.5, 0.6) is 0 Å². The van der Waals surface area contributed by atoms with E-state index in [1.54, 1.807) is 6.92 Å². The monoisotopic (exact) mass is 198 g/mol. The fourth-order valence-electron chi connectivity index (χ4n) is 2.14. The Morgan fingerprint density at radius 3 is 2.86 bits per heavy atom. The van der Waals surface area contributed by atoms with Gasteiger partial charge in [0.15, 0.2) is 5.60 Å². The summed E-state index contributed by atoms with van der Waals surface area (Å²) in [6.07, 6.45) is 2.17.